The van der Waals surface area contributed by atoms with Gasteiger partial charge < -0.3 is 14.4 Å². The maximum absolute atomic E-state index is 13.0. The highest BCUT2D eigenvalue weighted by Crippen LogP contribution is 2.26. The minimum absolute atomic E-state index is 0.0295. The van der Waals surface area contributed by atoms with Crippen LogP contribution in [-0.4, -0.2) is 49.0 Å². The Labute approximate surface area is 185 Å². The fourth-order valence-electron chi connectivity index (χ4n) is 2.52. The van der Waals surface area contributed by atoms with Gasteiger partial charge in [-0.2, -0.15) is 0 Å². The van der Waals surface area contributed by atoms with E-state index in [2.05, 4.69) is 0 Å². The maximum atomic E-state index is 13.0. The molecule has 2 aromatic rings. The van der Waals surface area contributed by atoms with Gasteiger partial charge in [0.05, 0.1) is 22.2 Å². The quantitative estimate of drug-likeness (QED) is 0.216. The highest BCUT2D eigenvalue weighted by molar-refractivity contribution is 6.39. The Morgan fingerprint density at radius 3 is 2.28 bits per heavy atom. The second-order valence-corrected chi connectivity index (χ2v) is 7.43. The smallest absolute Gasteiger partial charge is 0.336 e. The molecule has 0 spiro atoms. The van der Waals surface area contributed by atoms with Crippen molar-refractivity contribution in [2.45, 2.75) is 18.9 Å². The standard InChI is InChI=1S/C21H22Cl3NO4/c1-25(20(26)19-16(23)10-7-11-17(19)24)18(14-28-13-6-5-12-22)21(27)29-15-8-3-2-4-9-15/h2-4,7-11,18H,5-6,12-14H2,1H3/t18-/m0/s1. The number of hydrogen-bond donors (Lipinski definition) is 0. The number of carbonyl (C=O) groups is 2. The molecular weight excluding hydrogens is 437 g/mol. The molecule has 1 amide bonds. The number of nitrogens with zero attached hydrogens (tertiary/aromatic N) is 1. The van der Waals surface area contributed by atoms with E-state index in [-0.39, 0.29) is 22.2 Å². The molecule has 0 bridgehead atoms. The van der Waals surface area contributed by atoms with E-state index in [4.69, 9.17) is 44.3 Å². The number of halogens is 3. The van der Waals surface area contributed by atoms with Crippen LogP contribution in [0.5, 0.6) is 5.75 Å². The Balaban J connectivity index is 2.18. The van der Waals surface area contributed by atoms with Crippen molar-refractivity contribution in [3.8, 4) is 5.75 Å². The maximum Gasteiger partial charge on any atom is 0.336 e. The fraction of sp³-hybridized carbons (Fsp3) is 0.333. The molecule has 0 heterocycles. The number of likely N-dealkylation sites (N-methyl/N-ethyl adjacent to an activating group) is 1. The minimum Gasteiger partial charge on any atom is -0.425 e. The van der Waals surface area contributed by atoms with Crippen molar-refractivity contribution in [2.24, 2.45) is 0 Å². The lowest BCUT2D eigenvalue weighted by molar-refractivity contribution is -0.141. The summed E-state index contributed by atoms with van der Waals surface area (Å²) in [5, 5.41) is 0.403. The lowest BCUT2D eigenvalue weighted by Gasteiger charge is -2.27. The molecule has 0 N–H and O–H groups in total. The largest absolute Gasteiger partial charge is 0.425 e. The predicted molar refractivity (Wildman–Crippen MR) is 115 cm³/mol. The first-order valence-corrected chi connectivity index (χ1v) is 10.4. The summed E-state index contributed by atoms with van der Waals surface area (Å²) < 4.78 is 11.0. The molecule has 0 fully saturated rings. The second-order valence-electron chi connectivity index (χ2n) is 6.23. The van der Waals surface area contributed by atoms with Gasteiger partial charge in [-0.15, -0.1) is 11.6 Å². The molecule has 2 aromatic carbocycles. The molecule has 0 aliphatic rings. The molecule has 1 atom stereocenters. The van der Waals surface area contributed by atoms with E-state index in [0.29, 0.717) is 18.2 Å². The van der Waals surface area contributed by atoms with Crippen LogP contribution in [0.25, 0.3) is 0 Å². The van der Waals surface area contributed by atoms with Gasteiger partial charge in [0.1, 0.15) is 5.75 Å². The molecule has 29 heavy (non-hydrogen) atoms. The molecule has 0 saturated carbocycles. The molecule has 0 unspecified atom stereocenters. The van der Waals surface area contributed by atoms with Gasteiger partial charge in [-0.3, -0.25) is 4.79 Å². The van der Waals surface area contributed by atoms with Crippen molar-refractivity contribution >= 4 is 46.7 Å². The third kappa shape index (κ3) is 6.89. The number of amides is 1. The summed E-state index contributed by atoms with van der Waals surface area (Å²) in [6, 6.07) is 12.4. The third-order valence-corrected chi connectivity index (χ3v) is 5.04. The highest BCUT2D eigenvalue weighted by atomic mass is 35.5. The zero-order valence-electron chi connectivity index (χ0n) is 15.9. The van der Waals surface area contributed by atoms with E-state index in [0.717, 1.165) is 12.8 Å². The van der Waals surface area contributed by atoms with E-state index in [9.17, 15) is 9.59 Å². The summed E-state index contributed by atoms with van der Waals surface area (Å²) in [7, 11) is 1.49. The Kier molecular flexibility index (Phi) is 9.74. The first-order chi connectivity index (χ1) is 14.0. The summed E-state index contributed by atoms with van der Waals surface area (Å²) in [5.41, 5.74) is 0.123. The fourth-order valence-corrected chi connectivity index (χ4v) is 3.27. The number of benzene rings is 2. The van der Waals surface area contributed by atoms with E-state index < -0.39 is 17.9 Å². The molecule has 0 radical (unpaired) electrons. The Bertz CT molecular complexity index is 797. The number of alkyl halides is 1. The van der Waals surface area contributed by atoms with Crippen molar-refractivity contribution in [1.82, 2.24) is 4.90 Å². The lowest BCUT2D eigenvalue weighted by atomic mass is 10.1. The Morgan fingerprint density at radius 2 is 1.66 bits per heavy atom. The van der Waals surface area contributed by atoms with Gasteiger partial charge in [-0.05, 0) is 37.1 Å². The summed E-state index contributed by atoms with van der Waals surface area (Å²) >= 11 is 18.0. The van der Waals surface area contributed by atoms with Gasteiger partial charge in [0.25, 0.3) is 5.91 Å². The van der Waals surface area contributed by atoms with E-state index >= 15 is 0 Å². The van der Waals surface area contributed by atoms with Crippen LogP contribution in [0, 0.1) is 0 Å². The number of unbranched alkanes of at least 4 members (excludes halogenated alkanes) is 1. The van der Waals surface area contributed by atoms with Crippen LogP contribution in [0.2, 0.25) is 10.0 Å². The zero-order chi connectivity index (χ0) is 21.2. The number of esters is 1. The molecule has 8 heteroatoms. The van der Waals surface area contributed by atoms with Gasteiger partial charge in [0, 0.05) is 19.5 Å². The molecule has 156 valence electrons. The number of carbonyl (C=O) groups excluding carboxylic acids is 2. The topological polar surface area (TPSA) is 55.8 Å². The first kappa shape index (κ1) is 23.5. The zero-order valence-corrected chi connectivity index (χ0v) is 18.2. The summed E-state index contributed by atoms with van der Waals surface area (Å²) in [5.74, 6) is -0.208. The summed E-state index contributed by atoms with van der Waals surface area (Å²) in [6.45, 7) is 0.384. The second kappa shape index (κ2) is 12.0. The van der Waals surface area contributed by atoms with Crippen molar-refractivity contribution in [3.05, 3.63) is 64.1 Å². The summed E-state index contributed by atoms with van der Waals surface area (Å²) in [4.78, 5) is 27.0. The van der Waals surface area contributed by atoms with Gasteiger partial charge >= 0.3 is 5.97 Å². The Hall–Kier alpha value is -1.79. The van der Waals surface area contributed by atoms with Crippen molar-refractivity contribution in [2.75, 3.05) is 26.1 Å². The van der Waals surface area contributed by atoms with E-state index in [1.807, 2.05) is 6.07 Å². The number of para-hydroxylation sites is 1. The monoisotopic (exact) mass is 457 g/mol. The molecule has 5 nitrogen and oxygen atoms in total. The normalized spacial score (nSPS) is 11.7. The Morgan fingerprint density at radius 1 is 1.00 bits per heavy atom. The van der Waals surface area contributed by atoms with Crippen molar-refractivity contribution in [3.63, 3.8) is 0 Å². The van der Waals surface area contributed by atoms with Crippen LogP contribution in [0.15, 0.2) is 48.5 Å². The lowest BCUT2D eigenvalue weighted by Crippen LogP contribution is -2.47. The first-order valence-electron chi connectivity index (χ1n) is 9.07. The van der Waals surface area contributed by atoms with Crippen LogP contribution in [0.1, 0.15) is 23.2 Å². The number of ether oxygens (including phenoxy) is 2. The van der Waals surface area contributed by atoms with Gasteiger partial charge in [-0.1, -0.05) is 47.5 Å². The molecule has 0 saturated heterocycles. The van der Waals surface area contributed by atoms with Crippen LogP contribution < -0.4 is 4.74 Å². The van der Waals surface area contributed by atoms with Crippen LogP contribution in [-0.2, 0) is 9.53 Å². The molecule has 0 aromatic heterocycles. The SMILES string of the molecule is CN(C(=O)c1c(Cl)cccc1Cl)[C@@H](COCCCCCl)C(=O)Oc1ccccc1. The average molecular weight is 459 g/mol. The summed E-state index contributed by atoms with van der Waals surface area (Å²) in [6.07, 6.45) is 1.54. The van der Waals surface area contributed by atoms with Gasteiger partial charge in [0.15, 0.2) is 6.04 Å². The van der Waals surface area contributed by atoms with Crippen molar-refractivity contribution in [1.29, 1.82) is 0 Å². The van der Waals surface area contributed by atoms with E-state index in [1.54, 1.807) is 42.5 Å². The average Bonchev–Trinajstić information content (AvgIpc) is 2.70. The molecule has 2 rings (SSSR count). The van der Waals surface area contributed by atoms with Crippen molar-refractivity contribution < 1.29 is 19.1 Å². The van der Waals surface area contributed by atoms with Crippen LogP contribution in [0.4, 0.5) is 0 Å². The third-order valence-electron chi connectivity index (χ3n) is 4.15. The number of rotatable bonds is 10. The minimum atomic E-state index is -0.981. The molecule has 0 aliphatic carbocycles. The van der Waals surface area contributed by atoms with Crippen LogP contribution >= 0.6 is 34.8 Å². The molecule has 0 aliphatic heterocycles. The number of hydrogen-bond acceptors (Lipinski definition) is 4. The highest BCUT2D eigenvalue weighted by Gasteiger charge is 2.31. The predicted octanol–water partition coefficient (Wildman–Crippen LogP) is 5.08. The van der Waals surface area contributed by atoms with Gasteiger partial charge in [0.2, 0.25) is 0 Å². The molecular formula is C21H22Cl3NO4. The van der Waals surface area contributed by atoms with Gasteiger partial charge in [-0.25, -0.2) is 4.79 Å². The van der Waals surface area contributed by atoms with Crippen LogP contribution in [0.3, 0.4) is 0 Å². The van der Waals surface area contributed by atoms with E-state index in [1.165, 1.54) is 11.9 Å².